The zero-order valence-corrected chi connectivity index (χ0v) is 11.4. The molecule has 6 heteroatoms. The fraction of sp³-hybridized carbons (Fsp3) is 0.500. The number of aromatic nitrogens is 2. The van der Waals surface area contributed by atoms with Crippen molar-refractivity contribution in [1.29, 1.82) is 0 Å². The Balaban J connectivity index is 2.20. The van der Waals surface area contributed by atoms with Gasteiger partial charge >= 0.3 is 0 Å². The van der Waals surface area contributed by atoms with Gasteiger partial charge in [-0.2, -0.15) is 4.98 Å². The summed E-state index contributed by atoms with van der Waals surface area (Å²) in [4.78, 5) is 9.86. The van der Waals surface area contributed by atoms with E-state index in [1.807, 2.05) is 18.4 Å². The normalized spacial score (nSPS) is 12.6. The number of nitrogens with one attached hydrogen (secondary N) is 2. The molecule has 0 bridgehead atoms. The molecule has 0 aliphatic carbocycles. The van der Waals surface area contributed by atoms with Crippen LogP contribution in [0.5, 0.6) is 0 Å². The van der Waals surface area contributed by atoms with E-state index < -0.39 is 0 Å². The van der Waals surface area contributed by atoms with Crippen LogP contribution < -0.4 is 10.6 Å². The Hall–Kier alpha value is -1.40. The van der Waals surface area contributed by atoms with Gasteiger partial charge in [0.25, 0.3) is 0 Å². The molecule has 18 heavy (non-hydrogen) atoms. The van der Waals surface area contributed by atoms with Gasteiger partial charge in [-0.05, 0) is 31.7 Å². The van der Waals surface area contributed by atoms with Crippen molar-refractivity contribution in [1.82, 2.24) is 9.97 Å². The third-order valence-electron chi connectivity index (χ3n) is 2.51. The van der Waals surface area contributed by atoms with Gasteiger partial charge in [0.2, 0.25) is 5.95 Å². The molecule has 2 aromatic rings. The van der Waals surface area contributed by atoms with Gasteiger partial charge in [-0.25, -0.2) is 4.98 Å². The van der Waals surface area contributed by atoms with Gasteiger partial charge in [-0.3, -0.25) is 0 Å². The van der Waals surface area contributed by atoms with Gasteiger partial charge in [0.15, 0.2) is 0 Å². The molecule has 2 rings (SSSR count). The van der Waals surface area contributed by atoms with Crippen LogP contribution in [0.4, 0.5) is 11.8 Å². The highest BCUT2D eigenvalue weighted by Gasteiger charge is 2.08. The number of anilines is 2. The van der Waals surface area contributed by atoms with Crippen molar-refractivity contribution in [3.63, 3.8) is 0 Å². The molecule has 0 saturated heterocycles. The molecule has 0 fully saturated rings. The highest BCUT2D eigenvalue weighted by molar-refractivity contribution is 7.16. The molecule has 5 nitrogen and oxygen atoms in total. The molecule has 0 spiro atoms. The summed E-state index contributed by atoms with van der Waals surface area (Å²) in [5.41, 5.74) is 0. The Morgan fingerprint density at radius 2 is 2.22 bits per heavy atom. The summed E-state index contributed by atoms with van der Waals surface area (Å²) in [5.74, 6) is 1.48. The van der Waals surface area contributed by atoms with Crippen molar-refractivity contribution in [2.75, 3.05) is 23.7 Å². The van der Waals surface area contributed by atoms with Crippen LogP contribution in [-0.2, 0) is 0 Å². The molecule has 1 unspecified atom stereocenters. The van der Waals surface area contributed by atoms with Crippen LogP contribution in [0.1, 0.15) is 20.3 Å². The van der Waals surface area contributed by atoms with Crippen molar-refractivity contribution >= 4 is 33.3 Å². The van der Waals surface area contributed by atoms with E-state index in [1.54, 1.807) is 18.3 Å². The molecular formula is C12H18N4OS. The van der Waals surface area contributed by atoms with E-state index in [0.717, 1.165) is 22.6 Å². The summed E-state index contributed by atoms with van der Waals surface area (Å²) < 4.78 is 0. The molecule has 2 heterocycles. The predicted molar refractivity (Wildman–Crippen MR) is 76.4 cm³/mol. The van der Waals surface area contributed by atoms with Gasteiger partial charge in [0.1, 0.15) is 10.6 Å². The number of hydrogen-bond acceptors (Lipinski definition) is 6. The van der Waals surface area contributed by atoms with Crippen LogP contribution in [0.15, 0.2) is 11.4 Å². The molecule has 0 radical (unpaired) electrons. The van der Waals surface area contributed by atoms with E-state index in [0.29, 0.717) is 18.9 Å². The van der Waals surface area contributed by atoms with E-state index in [9.17, 15) is 5.11 Å². The molecule has 3 N–H and O–H groups in total. The lowest BCUT2D eigenvalue weighted by Crippen LogP contribution is -2.12. The van der Waals surface area contributed by atoms with Gasteiger partial charge < -0.3 is 15.7 Å². The number of nitrogens with zero attached hydrogens (tertiary/aromatic N) is 2. The zero-order valence-electron chi connectivity index (χ0n) is 10.6. The summed E-state index contributed by atoms with van der Waals surface area (Å²) in [6.45, 7) is 5.30. The van der Waals surface area contributed by atoms with Gasteiger partial charge in [-0.1, -0.05) is 0 Å². The summed E-state index contributed by atoms with van der Waals surface area (Å²) >= 11 is 1.60. The van der Waals surface area contributed by atoms with Crippen molar-refractivity contribution in [3.05, 3.63) is 11.4 Å². The third kappa shape index (κ3) is 3.08. The summed E-state index contributed by atoms with van der Waals surface area (Å²) in [5, 5.41) is 18.7. The van der Waals surface area contributed by atoms with Crippen molar-refractivity contribution < 1.29 is 5.11 Å². The second-order valence-corrected chi connectivity index (χ2v) is 5.02. The lowest BCUT2D eigenvalue weighted by atomic mass is 10.3. The van der Waals surface area contributed by atoms with Crippen LogP contribution in [0.25, 0.3) is 10.2 Å². The second kappa shape index (κ2) is 5.97. The smallest absolute Gasteiger partial charge is 0.226 e. The first-order chi connectivity index (χ1) is 8.70. The first-order valence-electron chi connectivity index (χ1n) is 6.11. The average molecular weight is 266 g/mol. The minimum Gasteiger partial charge on any atom is -0.393 e. The lowest BCUT2D eigenvalue weighted by Gasteiger charge is -2.10. The standard InChI is InChI=1S/C12H18N4OS/c1-3-13-12-15-10(14-6-4-8(2)17)9-5-7-18-11(9)16-12/h5,7-8,17H,3-4,6H2,1-2H3,(H2,13,14,15,16). The van der Waals surface area contributed by atoms with Gasteiger partial charge in [0, 0.05) is 13.1 Å². The fourth-order valence-electron chi connectivity index (χ4n) is 1.63. The molecule has 98 valence electrons. The Morgan fingerprint density at radius 1 is 1.39 bits per heavy atom. The number of thiophene rings is 1. The van der Waals surface area contributed by atoms with Crippen LogP contribution in [0.2, 0.25) is 0 Å². The largest absolute Gasteiger partial charge is 0.393 e. The van der Waals surface area contributed by atoms with Crippen molar-refractivity contribution in [2.45, 2.75) is 26.4 Å². The highest BCUT2D eigenvalue weighted by atomic mass is 32.1. The minimum atomic E-state index is -0.300. The van der Waals surface area contributed by atoms with Crippen LogP contribution in [-0.4, -0.2) is 34.3 Å². The Morgan fingerprint density at radius 3 is 2.94 bits per heavy atom. The van der Waals surface area contributed by atoms with E-state index >= 15 is 0 Å². The maximum Gasteiger partial charge on any atom is 0.226 e. The van der Waals surface area contributed by atoms with Crippen LogP contribution in [0.3, 0.4) is 0 Å². The number of aliphatic hydroxyl groups is 1. The quantitative estimate of drug-likeness (QED) is 0.748. The lowest BCUT2D eigenvalue weighted by molar-refractivity contribution is 0.188. The molecule has 0 aliphatic rings. The van der Waals surface area contributed by atoms with E-state index in [4.69, 9.17) is 0 Å². The first kappa shape index (κ1) is 13.0. The highest BCUT2D eigenvalue weighted by Crippen LogP contribution is 2.26. The molecule has 0 aromatic carbocycles. The van der Waals surface area contributed by atoms with Crippen molar-refractivity contribution in [2.24, 2.45) is 0 Å². The van der Waals surface area contributed by atoms with Gasteiger partial charge in [0.05, 0.1) is 11.5 Å². The number of hydrogen-bond donors (Lipinski definition) is 3. The Bertz CT molecular complexity index is 512. The summed E-state index contributed by atoms with van der Waals surface area (Å²) in [6.07, 6.45) is 0.400. The topological polar surface area (TPSA) is 70.1 Å². The predicted octanol–water partition coefficient (Wildman–Crippen LogP) is 2.31. The summed E-state index contributed by atoms with van der Waals surface area (Å²) in [7, 11) is 0. The SMILES string of the molecule is CCNc1nc(NCCC(C)O)c2ccsc2n1. The molecule has 2 aromatic heterocycles. The maximum absolute atomic E-state index is 9.26. The maximum atomic E-state index is 9.26. The minimum absolute atomic E-state index is 0.300. The zero-order chi connectivity index (χ0) is 13.0. The van der Waals surface area contributed by atoms with E-state index in [-0.39, 0.29) is 6.10 Å². The molecule has 1 atom stereocenters. The molecular weight excluding hydrogens is 248 g/mol. The van der Waals surface area contributed by atoms with E-state index in [2.05, 4.69) is 20.6 Å². The summed E-state index contributed by atoms with van der Waals surface area (Å²) in [6, 6.07) is 2.01. The van der Waals surface area contributed by atoms with Crippen molar-refractivity contribution in [3.8, 4) is 0 Å². The second-order valence-electron chi connectivity index (χ2n) is 4.13. The Kier molecular flexibility index (Phi) is 4.33. The molecule has 0 aliphatic heterocycles. The number of aliphatic hydroxyl groups excluding tert-OH is 1. The average Bonchev–Trinajstić information content (AvgIpc) is 2.77. The monoisotopic (exact) mass is 266 g/mol. The first-order valence-corrected chi connectivity index (χ1v) is 6.99. The van der Waals surface area contributed by atoms with Crippen LogP contribution in [0, 0.1) is 0 Å². The molecule has 0 amide bonds. The molecule has 0 saturated carbocycles. The van der Waals surface area contributed by atoms with E-state index in [1.165, 1.54) is 0 Å². The number of fused-ring (bicyclic) bond motifs is 1. The third-order valence-corrected chi connectivity index (χ3v) is 3.32. The Labute approximate surface area is 110 Å². The number of rotatable bonds is 6. The van der Waals surface area contributed by atoms with Crippen LogP contribution >= 0.6 is 11.3 Å². The fourth-order valence-corrected chi connectivity index (χ4v) is 2.39. The van der Waals surface area contributed by atoms with Gasteiger partial charge in [-0.15, -0.1) is 11.3 Å².